The highest BCUT2D eigenvalue weighted by Gasteiger charge is 2.44. The van der Waals surface area contributed by atoms with Crippen molar-refractivity contribution >= 4 is 48.4 Å². The van der Waals surface area contributed by atoms with Gasteiger partial charge in [0.2, 0.25) is 0 Å². The molecule has 8 rings (SSSR count). The number of rotatable bonds is 5. The summed E-state index contributed by atoms with van der Waals surface area (Å²) in [7, 11) is 0. The molecule has 6 aliphatic heterocycles. The van der Waals surface area contributed by atoms with Crippen LogP contribution in [0.1, 0.15) is 158 Å². The highest BCUT2D eigenvalue weighted by molar-refractivity contribution is 5.93. The van der Waals surface area contributed by atoms with Crippen molar-refractivity contribution < 1.29 is 53.2 Å². The van der Waals surface area contributed by atoms with Crippen LogP contribution >= 0.6 is 12.4 Å². The van der Waals surface area contributed by atoms with Gasteiger partial charge in [0.25, 0.3) is 5.91 Å². The second kappa shape index (κ2) is 22.3. The summed E-state index contributed by atoms with van der Waals surface area (Å²) in [5.41, 5.74) is 0.807. The number of halogens is 1. The fraction of sp³-hybridized carbons (Fsp3) is 0.739. The van der Waals surface area contributed by atoms with Gasteiger partial charge in [0, 0.05) is 50.3 Å². The SMILES string of the molecule is CC(C)(C)OC(=O)N1CCCn2nc(C(=O)N3C4CCCC3CC(C(=O)O)C4)cc2C1.CC(C)(C)OC(=O)N1CCCn2nc(C(=O)O)cc2C1.CCOC(=O)C1CC2CCCC(C1)N2.Cl. The maximum absolute atomic E-state index is 13.4. The van der Waals surface area contributed by atoms with Crippen LogP contribution in [0.2, 0.25) is 0 Å². The second-order valence-electron chi connectivity index (χ2n) is 20.2. The molecule has 8 heterocycles. The minimum atomic E-state index is -1.06. The summed E-state index contributed by atoms with van der Waals surface area (Å²) < 4.78 is 19.4. The Kier molecular flexibility index (Phi) is 17.6. The van der Waals surface area contributed by atoms with Gasteiger partial charge in [-0.05, 0) is 131 Å². The summed E-state index contributed by atoms with van der Waals surface area (Å²) in [5, 5.41) is 30.6. The summed E-state index contributed by atoms with van der Waals surface area (Å²) in [4.78, 5) is 77.1. The predicted octanol–water partition coefficient (Wildman–Crippen LogP) is 6.50. The van der Waals surface area contributed by atoms with E-state index in [1.807, 2.05) is 58.0 Å². The smallest absolute Gasteiger partial charge is 0.410 e. The number of nitrogens with one attached hydrogen (secondary N) is 1. The summed E-state index contributed by atoms with van der Waals surface area (Å²) in [6.45, 7) is 16.4. The van der Waals surface area contributed by atoms with Crippen LogP contribution in [0.5, 0.6) is 0 Å². The summed E-state index contributed by atoms with van der Waals surface area (Å²) >= 11 is 0. The number of hydrogen-bond acceptors (Lipinski definition) is 12. The van der Waals surface area contributed by atoms with Crippen LogP contribution < -0.4 is 5.32 Å². The lowest BCUT2D eigenvalue weighted by Crippen LogP contribution is -2.55. The minimum absolute atomic E-state index is 0. The molecule has 4 saturated heterocycles. The molecule has 0 aromatic carbocycles. The van der Waals surface area contributed by atoms with E-state index in [1.54, 1.807) is 20.5 Å². The lowest BCUT2D eigenvalue weighted by Gasteiger charge is -2.47. The van der Waals surface area contributed by atoms with Crippen LogP contribution in [-0.2, 0) is 50.0 Å². The molecule has 0 saturated carbocycles. The van der Waals surface area contributed by atoms with Crippen molar-refractivity contribution in [3.63, 3.8) is 0 Å². The number of carboxylic acid groups (broad SMARTS) is 2. The van der Waals surface area contributed by atoms with Crippen molar-refractivity contribution in [2.24, 2.45) is 11.8 Å². The molecule has 4 unspecified atom stereocenters. The van der Waals surface area contributed by atoms with Crippen LogP contribution in [0.3, 0.4) is 0 Å². The molecule has 0 spiro atoms. The molecule has 3 N–H and O–H groups in total. The largest absolute Gasteiger partial charge is 0.481 e. The van der Waals surface area contributed by atoms with E-state index < -0.39 is 23.1 Å². The Balaban J connectivity index is 0.000000200. The maximum atomic E-state index is 13.4. The van der Waals surface area contributed by atoms with E-state index in [0.717, 1.165) is 44.2 Å². The average molecular weight is 948 g/mol. The third-order valence-electron chi connectivity index (χ3n) is 12.7. The number of carbonyl (C=O) groups is 6. The third kappa shape index (κ3) is 13.8. The number of aromatic nitrogens is 4. The van der Waals surface area contributed by atoms with Crippen LogP contribution in [0, 0.1) is 11.8 Å². The normalized spacial score (nSPS) is 24.7. The van der Waals surface area contributed by atoms with E-state index in [2.05, 4.69) is 15.5 Å². The number of piperidine rings is 4. The number of aryl methyl sites for hydroxylation is 2. The first-order valence-electron chi connectivity index (χ1n) is 23.5. The molecule has 20 heteroatoms. The lowest BCUT2D eigenvalue weighted by molar-refractivity contribution is -0.150. The maximum Gasteiger partial charge on any atom is 0.410 e. The van der Waals surface area contributed by atoms with Crippen LogP contribution in [-0.4, -0.2) is 136 Å². The molecular weight excluding hydrogens is 876 g/mol. The number of aliphatic carboxylic acids is 1. The van der Waals surface area contributed by atoms with Gasteiger partial charge in [-0.3, -0.25) is 23.7 Å². The fourth-order valence-corrected chi connectivity index (χ4v) is 9.86. The molecular formula is C46H71ClN8O11. The molecule has 4 bridgehead atoms. The first kappa shape index (κ1) is 52.1. The van der Waals surface area contributed by atoms with E-state index in [9.17, 15) is 33.9 Å². The summed E-state index contributed by atoms with van der Waals surface area (Å²) in [6, 6.07) is 4.34. The van der Waals surface area contributed by atoms with Gasteiger partial charge in [0.15, 0.2) is 11.4 Å². The number of carbonyl (C=O) groups excluding carboxylic acids is 4. The predicted molar refractivity (Wildman–Crippen MR) is 243 cm³/mol. The molecule has 3 amide bonds. The zero-order chi connectivity index (χ0) is 47.2. The molecule has 0 aliphatic carbocycles. The Labute approximate surface area is 393 Å². The van der Waals surface area contributed by atoms with Gasteiger partial charge in [-0.1, -0.05) is 6.42 Å². The Morgan fingerprint density at radius 3 is 1.59 bits per heavy atom. The van der Waals surface area contributed by atoms with Gasteiger partial charge in [0.1, 0.15) is 11.2 Å². The highest BCUT2D eigenvalue weighted by Crippen LogP contribution is 2.38. The molecule has 2 aromatic rings. The first-order chi connectivity index (χ1) is 30.7. The van der Waals surface area contributed by atoms with Crippen LogP contribution in [0.25, 0.3) is 0 Å². The van der Waals surface area contributed by atoms with Crippen molar-refractivity contribution in [1.82, 2.24) is 39.6 Å². The van der Waals surface area contributed by atoms with E-state index >= 15 is 0 Å². The molecule has 368 valence electrons. The van der Waals surface area contributed by atoms with Crippen molar-refractivity contribution in [1.29, 1.82) is 0 Å². The number of ether oxygens (including phenoxy) is 3. The van der Waals surface area contributed by atoms with Crippen LogP contribution in [0.15, 0.2) is 12.1 Å². The van der Waals surface area contributed by atoms with Gasteiger partial charge >= 0.3 is 30.1 Å². The van der Waals surface area contributed by atoms with E-state index in [-0.39, 0.29) is 66.1 Å². The van der Waals surface area contributed by atoms with Crippen LogP contribution in [0.4, 0.5) is 9.59 Å². The van der Waals surface area contributed by atoms with Gasteiger partial charge in [0.05, 0.1) is 42.9 Å². The van der Waals surface area contributed by atoms with E-state index in [0.29, 0.717) is 88.6 Å². The number of nitrogens with zero attached hydrogens (tertiary/aromatic N) is 7. The monoisotopic (exact) mass is 946 g/mol. The average Bonchev–Trinajstić information content (AvgIpc) is 3.68. The van der Waals surface area contributed by atoms with Gasteiger partial charge < -0.3 is 44.4 Å². The summed E-state index contributed by atoms with van der Waals surface area (Å²) in [6.07, 6.45) is 10.2. The number of aromatic carboxylic acids is 1. The highest BCUT2D eigenvalue weighted by atomic mass is 35.5. The molecule has 19 nitrogen and oxygen atoms in total. The van der Waals surface area contributed by atoms with Crippen molar-refractivity contribution in [2.75, 3.05) is 19.7 Å². The van der Waals surface area contributed by atoms with Gasteiger partial charge in [-0.15, -0.1) is 12.4 Å². The Bertz CT molecular complexity index is 2020. The third-order valence-corrected chi connectivity index (χ3v) is 12.7. The number of hydrogen-bond donors (Lipinski definition) is 3. The molecule has 4 fully saturated rings. The Morgan fingerprint density at radius 1 is 0.667 bits per heavy atom. The van der Waals surface area contributed by atoms with E-state index in [1.165, 1.54) is 25.3 Å². The molecule has 66 heavy (non-hydrogen) atoms. The minimum Gasteiger partial charge on any atom is -0.481 e. The van der Waals surface area contributed by atoms with Gasteiger partial charge in [-0.2, -0.15) is 10.2 Å². The standard InChI is InChI=1S/C22H32N4O5.C13H19N3O4.C11H19NO2.ClH/c1-22(2,3)31-21(30)24-8-5-9-25-17(13-24)12-18(23-25)19(27)26-15-6-4-7-16(26)11-14(10-15)20(28)29;1-13(2,3)20-12(19)15-5-4-6-16-9(8-15)7-10(14-16)11(17)18;1-2-14-11(13)8-6-9-4-3-5-10(7-8)12-9;/h12,14-16H,4-11,13H2,1-3H3,(H,28,29);7H,4-6,8H2,1-3H3,(H,17,18);8-10,12H,2-7H2,1H3;1H. The topological polar surface area (TPSA) is 228 Å². The fourth-order valence-electron chi connectivity index (χ4n) is 9.86. The number of fused-ring (bicyclic) bond motifs is 6. The number of amides is 3. The number of carboxylic acids is 2. The van der Waals surface area contributed by atoms with Crippen molar-refractivity contribution in [3.8, 4) is 0 Å². The second-order valence-corrected chi connectivity index (χ2v) is 20.2. The molecule has 4 atom stereocenters. The Hall–Kier alpha value is -4.91. The molecule has 0 radical (unpaired) electrons. The zero-order valence-electron chi connectivity index (χ0n) is 39.7. The van der Waals surface area contributed by atoms with E-state index in [4.69, 9.17) is 19.3 Å². The Morgan fingerprint density at radius 2 is 1.14 bits per heavy atom. The molecule has 2 aromatic heterocycles. The number of esters is 1. The van der Waals surface area contributed by atoms with Crippen molar-refractivity contribution in [2.45, 2.75) is 187 Å². The zero-order valence-corrected chi connectivity index (χ0v) is 40.5. The molecule has 6 aliphatic rings. The first-order valence-corrected chi connectivity index (χ1v) is 23.5. The van der Waals surface area contributed by atoms with Crippen molar-refractivity contribution in [3.05, 3.63) is 34.9 Å². The summed E-state index contributed by atoms with van der Waals surface area (Å²) in [5.74, 6) is -2.14. The quantitative estimate of drug-likeness (QED) is 0.215. The van der Waals surface area contributed by atoms with Gasteiger partial charge in [-0.25, -0.2) is 14.4 Å². The lowest BCUT2D eigenvalue weighted by atomic mass is 9.78.